The summed E-state index contributed by atoms with van der Waals surface area (Å²) in [5.41, 5.74) is 2.07. The van der Waals surface area contributed by atoms with Crippen LogP contribution in [0.3, 0.4) is 0 Å². The Labute approximate surface area is 215 Å². The van der Waals surface area contributed by atoms with Gasteiger partial charge in [0, 0.05) is 25.1 Å². The van der Waals surface area contributed by atoms with Crippen molar-refractivity contribution in [3.63, 3.8) is 0 Å². The van der Waals surface area contributed by atoms with Gasteiger partial charge in [-0.25, -0.2) is 13.1 Å². The van der Waals surface area contributed by atoms with Gasteiger partial charge in [0.15, 0.2) is 5.78 Å². The number of sulfonamides is 1. The number of benzene rings is 2. The molecule has 2 aliphatic rings. The average Bonchev–Trinajstić information content (AvgIpc) is 3.49. The average molecular weight is 525 g/mol. The number of carbonyl (C=O) groups is 1. The second kappa shape index (κ2) is 9.07. The van der Waals surface area contributed by atoms with Crippen molar-refractivity contribution in [2.24, 2.45) is 5.41 Å². The van der Waals surface area contributed by atoms with Crippen molar-refractivity contribution in [1.29, 1.82) is 0 Å². The molecule has 194 valence electrons. The number of methoxy groups -OCH3 is 1. The van der Waals surface area contributed by atoms with Crippen molar-refractivity contribution < 1.29 is 22.9 Å². The topological polar surface area (TPSA) is 125 Å². The number of aromatic nitrogens is 2. The Kier molecular flexibility index (Phi) is 6.15. The molecule has 1 aromatic heterocycles. The molecule has 11 heteroatoms. The Bertz CT molecular complexity index is 1480. The van der Waals surface area contributed by atoms with E-state index in [-0.39, 0.29) is 28.3 Å². The highest BCUT2D eigenvalue weighted by molar-refractivity contribution is 7.89. The van der Waals surface area contributed by atoms with Crippen LogP contribution in [-0.4, -0.2) is 46.9 Å². The standard InChI is InChI=1S/C26H28N4O6S/c1-26(2)15-22-24(23(31)16-26)25(27-29(22)17-6-10-19(36-3)11-7-17)21-5-4-14-28(21)37(34,35)20-12-8-18(9-13-20)30(32)33/h6-13,21H,4-5,14-16H2,1-3H3/t21-/m0/s1. The molecule has 1 saturated heterocycles. The summed E-state index contributed by atoms with van der Waals surface area (Å²) in [7, 11) is -2.39. The van der Waals surface area contributed by atoms with Gasteiger partial charge in [0.05, 0.1) is 45.6 Å². The molecule has 5 rings (SSSR count). The summed E-state index contributed by atoms with van der Waals surface area (Å²) in [5, 5.41) is 15.9. The lowest BCUT2D eigenvalue weighted by Gasteiger charge is -2.30. The predicted octanol–water partition coefficient (Wildman–Crippen LogP) is 4.47. The van der Waals surface area contributed by atoms with Crippen molar-refractivity contribution in [2.75, 3.05) is 13.7 Å². The Hall–Kier alpha value is -3.57. The van der Waals surface area contributed by atoms with E-state index in [1.807, 2.05) is 38.1 Å². The van der Waals surface area contributed by atoms with Gasteiger partial charge in [0.1, 0.15) is 5.75 Å². The summed E-state index contributed by atoms with van der Waals surface area (Å²) in [4.78, 5) is 23.9. The number of ketones is 1. The van der Waals surface area contributed by atoms with Crippen molar-refractivity contribution in [3.05, 3.63) is 75.6 Å². The molecule has 3 aromatic rings. The zero-order valence-electron chi connectivity index (χ0n) is 20.9. The van der Waals surface area contributed by atoms with E-state index in [9.17, 15) is 23.3 Å². The van der Waals surface area contributed by atoms with Crippen LogP contribution in [-0.2, 0) is 16.4 Å². The number of non-ortho nitro benzene ring substituents is 1. The molecule has 1 fully saturated rings. The number of hydrogen-bond acceptors (Lipinski definition) is 7. The van der Waals surface area contributed by atoms with Crippen molar-refractivity contribution in [2.45, 2.75) is 50.5 Å². The number of nitrogens with zero attached hydrogens (tertiary/aromatic N) is 4. The first kappa shape index (κ1) is 25.1. The van der Waals surface area contributed by atoms with Gasteiger partial charge in [-0.1, -0.05) is 13.8 Å². The Morgan fingerprint density at radius 1 is 1.08 bits per heavy atom. The molecule has 2 aromatic carbocycles. The van der Waals surface area contributed by atoms with Crippen LogP contribution in [0.25, 0.3) is 5.69 Å². The maximum absolute atomic E-state index is 13.6. The third-order valence-electron chi connectivity index (χ3n) is 7.06. The molecule has 37 heavy (non-hydrogen) atoms. The van der Waals surface area contributed by atoms with E-state index in [1.54, 1.807) is 11.8 Å². The first-order valence-electron chi connectivity index (χ1n) is 12.1. The van der Waals surface area contributed by atoms with Gasteiger partial charge in [-0.15, -0.1) is 0 Å². The second-order valence-electron chi connectivity index (χ2n) is 10.3. The van der Waals surface area contributed by atoms with Gasteiger partial charge in [0.25, 0.3) is 5.69 Å². The molecular formula is C26H28N4O6S. The first-order chi connectivity index (χ1) is 17.5. The Morgan fingerprint density at radius 3 is 2.38 bits per heavy atom. The minimum atomic E-state index is -3.98. The maximum Gasteiger partial charge on any atom is 0.269 e. The van der Waals surface area contributed by atoms with E-state index >= 15 is 0 Å². The predicted molar refractivity (Wildman–Crippen MR) is 136 cm³/mol. The number of nitro groups is 1. The van der Waals surface area contributed by atoms with Gasteiger partial charge >= 0.3 is 0 Å². The smallest absolute Gasteiger partial charge is 0.269 e. The van der Waals surface area contributed by atoms with E-state index in [2.05, 4.69) is 0 Å². The molecule has 0 unspecified atom stereocenters. The summed E-state index contributed by atoms with van der Waals surface area (Å²) in [6.45, 7) is 4.35. The van der Waals surface area contributed by atoms with Crippen LogP contribution in [0.5, 0.6) is 5.75 Å². The number of rotatable bonds is 6. The monoisotopic (exact) mass is 524 g/mol. The van der Waals surface area contributed by atoms with Crippen LogP contribution in [0, 0.1) is 15.5 Å². The number of nitro benzene ring substituents is 1. The van der Waals surface area contributed by atoms with Crippen molar-refractivity contribution in [3.8, 4) is 11.4 Å². The largest absolute Gasteiger partial charge is 0.497 e. The molecule has 0 radical (unpaired) electrons. The fraction of sp³-hybridized carbons (Fsp3) is 0.385. The van der Waals surface area contributed by atoms with Crippen LogP contribution >= 0.6 is 0 Å². The Balaban J connectivity index is 1.60. The SMILES string of the molecule is COc1ccc(-n2nc([C@@H]3CCCN3S(=O)(=O)c3ccc([N+](=O)[O-])cc3)c3c2CC(C)(C)CC3=O)cc1. The highest BCUT2D eigenvalue weighted by Gasteiger charge is 2.44. The molecule has 1 atom stereocenters. The fourth-order valence-corrected chi connectivity index (χ4v) is 6.98. The molecule has 0 amide bonds. The molecule has 1 aliphatic carbocycles. The summed E-state index contributed by atoms with van der Waals surface area (Å²) < 4.78 is 35.7. The molecule has 10 nitrogen and oxygen atoms in total. The minimum absolute atomic E-state index is 0.0269. The minimum Gasteiger partial charge on any atom is -0.497 e. The number of hydrogen-bond donors (Lipinski definition) is 0. The van der Waals surface area contributed by atoms with E-state index < -0.39 is 21.0 Å². The van der Waals surface area contributed by atoms with Gasteiger partial charge in [-0.2, -0.15) is 9.40 Å². The molecule has 0 spiro atoms. The summed E-state index contributed by atoms with van der Waals surface area (Å²) in [6, 6.07) is 11.6. The molecule has 0 N–H and O–H groups in total. The zero-order valence-corrected chi connectivity index (χ0v) is 21.7. The Morgan fingerprint density at radius 2 is 1.76 bits per heavy atom. The number of ether oxygens (including phenoxy) is 1. The van der Waals surface area contributed by atoms with Gasteiger partial charge in [0.2, 0.25) is 10.0 Å². The number of Topliss-reactive ketones (excluding diaryl/α,β-unsaturated/α-hetero) is 1. The van der Waals surface area contributed by atoms with Crippen LogP contribution < -0.4 is 4.74 Å². The summed E-state index contributed by atoms with van der Waals surface area (Å²) >= 11 is 0. The zero-order chi connectivity index (χ0) is 26.5. The van der Waals surface area contributed by atoms with Crippen LogP contribution in [0.15, 0.2) is 53.4 Å². The number of fused-ring (bicyclic) bond motifs is 1. The van der Waals surface area contributed by atoms with Crippen molar-refractivity contribution >= 4 is 21.5 Å². The van der Waals surface area contributed by atoms with Crippen LogP contribution in [0.4, 0.5) is 5.69 Å². The highest BCUT2D eigenvalue weighted by atomic mass is 32.2. The third kappa shape index (κ3) is 4.42. The first-order valence-corrected chi connectivity index (χ1v) is 13.5. The van der Waals surface area contributed by atoms with Crippen LogP contribution in [0.2, 0.25) is 0 Å². The highest BCUT2D eigenvalue weighted by Crippen LogP contribution is 2.43. The molecule has 0 bridgehead atoms. The van der Waals surface area contributed by atoms with E-state index in [4.69, 9.17) is 9.84 Å². The molecule has 0 saturated carbocycles. The molecular weight excluding hydrogens is 496 g/mol. The third-order valence-corrected chi connectivity index (χ3v) is 8.98. The van der Waals surface area contributed by atoms with Gasteiger partial charge in [-0.3, -0.25) is 14.9 Å². The maximum atomic E-state index is 13.6. The normalized spacial score (nSPS) is 19.5. The van der Waals surface area contributed by atoms with E-state index in [0.717, 1.165) is 11.4 Å². The molecule has 2 heterocycles. The summed E-state index contributed by atoms with van der Waals surface area (Å²) in [6.07, 6.45) is 2.10. The lowest BCUT2D eigenvalue weighted by Crippen LogP contribution is -2.33. The van der Waals surface area contributed by atoms with Crippen LogP contribution in [0.1, 0.15) is 60.9 Å². The fourth-order valence-electron chi connectivity index (χ4n) is 5.32. The number of carbonyl (C=O) groups excluding carboxylic acids is 1. The lowest BCUT2D eigenvalue weighted by atomic mass is 9.75. The van der Waals surface area contributed by atoms with Gasteiger partial charge in [-0.05, 0) is 61.1 Å². The van der Waals surface area contributed by atoms with Crippen molar-refractivity contribution in [1.82, 2.24) is 14.1 Å². The second-order valence-corrected chi connectivity index (χ2v) is 12.2. The summed E-state index contributed by atoms with van der Waals surface area (Å²) in [5.74, 6) is 0.651. The van der Waals surface area contributed by atoms with E-state index in [1.165, 1.54) is 28.6 Å². The molecule has 1 aliphatic heterocycles. The quantitative estimate of drug-likeness (QED) is 0.344. The van der Waals surface area contributed by atoms with Gasteiger partial charge < -0.3 is 4.74 Å². The lowest BCUT2D eigenvalue weighted by molar-refractivity contribution is -0.384. The van der Waals surface area contributed by atoms with E-state index in [0.29, 0.717) is 42.7 Å².